The molecule has 3 aromatic rings. The van der Waals surface area contributed by atoms with E-state index in [9.17, 15) is 18.3 Å². The molecule has 0 fully saturated rings. The maximum atomic E-state index is 13.5. The van der Waals surface area contributed by atoms with Gasteiger partial charge in [-0.2, -0.15) is 4.31 Å². The minimum Gasteiger partial charge on any atom is -0.497 e. The number of nitrogens with zero attached hydrogens (tertiary/aromatic N) is 1. The molecule has 0 spiro atoms. The van der Waals surface area contributed by atoms with Crippen LogP contribution in [0.25, 0.3) is 0 Å². The highest BCUT2D eigenvalue weighted by molar-refractivity contribution is 7.89. The lowest BCUT2D eigenvalue weighted by Crippen LogP contribution is -2.51. The minimum atomic E-state index is -3.93. The highest BCUT2D eigenvalue weighted by Crippen LogP contribution is 2.22. The molecule has 0 radical (unpaired) electrons. The van der Waals surface area contributed by atoms with Crippen LogP contribution in [0, 0.1) is 5.92 Å². The van der Waals surface area contributed by atoms with Gasteiger partial charge >= 0.3 is 0 Å². The number of carbonyl (C=O) groups excluding carboxylic acids is 1. The molecule has 0 aliphatic rings. The number of sulfonamides is 1. The fourth-order valence-corrected chi connectivity index (χ4v) is 5.80. The number of nitrogens with one attached hydrogen (secondary N) is 1. The van der Waals surface area contributed by atoms with Crippen molar-refractivity contribution < 1.29 is 23.1 Å². The maximum absolute atomic E-state index is 13.5. The van der Waals surface area contributed by atoms with Crippen molar-refractivity contribution in [3.8, 4) is 5.75 Å². The first kappa shape index (κ1) is 28.7. The first-order chi connectivity index (χ1) is 17.6. The monoisotopic (exact) mass is 544 g/mol. The van der Waals surface area contributed by atoms with Crippen LogP contribution in [-0.2, 0) is 16.4 Å². The molecule has 198 valence electrons. The number of hydrogen-bond acceptors (Lipinski definition) is 5. The van der Waals surface area contributed by atoms with E-state index < -0.39 is 28.1 Å². The second-order valence-electron chi connectivity index (χ2n) is 9.21. The number of amides is 1. The molecule has 0 heterocycles. The Morgan fingerprint density at radius 3 is 2.19 bits per heavy atom. The van der Waals surface area contributed by atoms with Crippen LogP contribution in [0.2, 0.25) is 5.02 Å². The van der Waals surface area contributed by atoms with Gasteiger partial charge in [0.2, 0.25) is 10.0 Å². The van der Waals surface area contributed by atoms with Crippen molar-refractivity contribution in [1.82, 2.24) is 9.62 Å². The number of methoxy groups -OCH3 is 1. The normalized spacial score (nSPS) is 13.4. The Labute approximate surface area is 224 Å². The number of rotatable bonds is 12. The molecule has 0 aliphatic carbocycles. The molecule has 2 N–H and O–H groups in total. The van der Waals surface area contributed by atoms with E-state index in [-0.39, 0.29) is 34.5 Å². The van der Waals surface area contributed by atoms with Crippen LogP contribution in [0.4, 0.5) is 0 Å². The molecular weight excluding hydrogens is 512 g/mol. The summed E-state index contributed by atoms with van der Waals surface area (Å²) in [5.74, 6) is 0.101. The lowest BCUT2D eigenvalue weighted by molar-refractivity contribution is 0.0776. The van der Waals surface area contributed by atoms with E-state index in [0.29, 0.717) is 12.2 Å². The molecule has 37 heavy (non-hydrogen) atoms. The molecule has 9 heteroatoms. The topological polar surface area (TPSA) is 95.9 Å². The minimum absolute atomic E-state index is 0.00510. The SMILES string of the molecule is COc1ccc(S(=O)(=O)N(CC(C)C)CC(O)[C@H](Cc2ccccc2)NC(=O)c2ccccc2Cl)cc1. The molecule has 3 aromatic carbocycles. The third-order valence-corrected chi connectivity index (χ3v) is 8.03. The van der Waals surface area contributed by atoms with Gasteiger partial charge in [0.05, 0.1) is 34.7 Å². The van der Waals surface area contributed by atoms with Gasteiger partial charge in [0.1, 0.15) is 5.75 Å². The molecule has 0 aliphatic heterocycles. The summed E-state index contributed by atoms with van der Waals surface area (Å²) in [7, 11) is -2.42. The second kappa shape index (κ2) is 13.1. The largest absolute Gasteiger partial charge is 0.497 e. The van der Waals surface area contributed by atoms with Gasteiger partial charge < -0.3 is 15.2 Å². The number of aliphatic hydroxyl groups is 1. The van der Waals surface area contributed by atoms with E-state index in [1.165, 1.54) is 23.5 Å². The van der Waals surface area contributed by atoms with Crippen molar-refractivity contribution in [2.24, 2.45) is 5.92 Å². The zero-order chi connectivity index (χ0) is 27.0. The number of benzene rings is 3. The predicted octanol–water partition coefficient (Wildman–Crippen LogP) is 4.40. The average molecular weight is 545 g/mol. The van der Waals surface area contributed by atoms with Crippen LogP contribution in [0.1, 0.15) is 29.8 Å². The molecule has 0 saturated carbocycles. The molecule has 2 atom stereocenters. The van der Waals surface area contributed by atoms with Gasteiger partial charge in [-0.1, -0.05) is 67.9 Å². The molecule has 3 rings (SSSR count). The predicted molar refractivity (Wildman–Crippen MR) is 145 cm³/mol. The van der Waals surface area contributed by atoms with Crippen LogP contribution in [0.5, 0.6) is 5.75 Å². The van der Waals surface area contributed by atoms with Gasteiger partial charge in [0.25, 0.3) is 5.91 Å². The van der Waals surface area contributed by atoms with Crippen LogP contribution in [0.15, 0.2) is 83.8 Å². The van der Waals surface area contributed by atoms with Crippen molar-refractivity contribution in [2.45, 2.75) is 37.3 Å². The van der Waals surface area contributed by atoms with Gasteiger partial charge in [-0.3, -0.25) is 4.79 Å². The van der Waals surface area contributed by atoms with E-state index in [1.807, 2.05) is 44.2 Å². The highest BCUT2D eigenvalue weighted by atomic mass is 35.5. The van der Waals surface area contributed by atoms with Gasteiger partial charge in [-0.15, -0.1) is 0 Å². The van der Waals surface area contributed by atoms with Crippen molar-refractivity contribution in [3.05, 3.63) is 95.0 Å². The summed E-state index contributed by atoms with van der Waals surface area (Å²) in [4.78, 5) is 13.2. The fraction of sp³-hybridized carbons (Fsp3) is 0.321. The molecule has 0 saturated heterocycles. The third kappa shape index (κ3) is 7.79. The van der Waals surface area contributed by atoms with Crippen molar-refractivity contribution >= 4 is 27.5 Å². The summed E-state index contributed by atoms with van der Waals surface area (Å²) in [6, 6.07) is 21.4. The standard InChI is InChI=1S/C28H33ClN2O5S/c1-20(2)18-31(37(34,35)23-15-13-22(36-3)14-16-23)19-27(32)26(17-21-9-5-4-6-10-21)30-28(33)24-11-7-8-12-25(24)29/h4-16,20,26-27,32H,17-19H2,1-3H3,(H,30,33)/t26-,27?/m0/s1. The summed E-state index contributed by atoms with van der Waals surface area (Å²) >= 11 is 6.21. The summed E-state index contributed by atoms with van der Waals surface area (Å²) in [6.45, 7) is 3.81. The molecule has 1 unspecified atom stereocenters. The lowest BCUT2D eigenvalue weighted by Gasteiger charge is -2.31. The zero-order valence-electron chi connectivity index (χ0n) is 21.2. The van der Waals surface area contributed by atoms with Crippen LogP contribution in [-0.4, -0.2) is 56.1 Å². The van der Waals surface area contributed by atoms with Gasteiger partial charge in [0, 0.05) is 13.1 Å². The van der Waals surface area contributed by atoms with E-state index in [4.69, 9.17) is 16.3 Å². The van der Waals surface area contributed by atoms with Gasteiger partial charge in [0.15, 0.2) is 0 Å². The number of ether oxygens (including phenoxy) is 1. The van der Waals surface area contributed by atoms with Gasteiger partial charge in [-0.05, 0) is 54.3 Å². The van der Waals surface area contributed by atoms with E-state index in [2.05, 4.69) is 5.32 Å². The second-order valence-corrected chi connectivity index (χ2v) is 11.6. The Kier molecular flexibility index (Phi) is 10.1. The summed E-state index contributed by atoms with van der Waals surface area (Å²) in [6.07, 6.45) is -0.894. The summed E-state index contributed by atoms with van der Waals surface area (Å²) < 4.78 is 33.5. The Morgan fingerprint density at radius 2 is 1.59 bits per heavy atom. The smallest absolute Gasteiger partial charge is 0.253 e. The quantitative estimate of drug-likeness (QED) is 0.352. The zero-order valence-corrected chi connectivity index (χ0v) is 22.7. The molecule has 0 aromatic heterocycles. The number of carbonyl (C=O) groups is 1. The van der Waals surface area contributed by atoms with Crippen molar-refractivity contribution in [2.75, 3.05) is 20.2 Å². The summed E-state index contributed by atoms with van der Waals surface area (Å²) in [5.41, 5.74) is 1.17. The Hall–Kier alpha value is -2.91. The Morgan fingerprint density at radius 1 is 0.973 bits per heavy atom. The number of hydrogen-bond donors (Lipinski definition) is 2. The highest BCUT2D eigenvalue weighted by Gasteiger charge is 2.31. The lowest BCUT2D eigenvalue weighted by atomic mass is 10.00. The van der Waals surface area contributed by atoms with Crippen molar-refractivity contribution in [3.63, 3.8) is 0 Å². The van der Waals surface area contributed by atoms with Crippen LogP contribution >= 0.6 is 11.6 Å². The molecule has 1 amide bonds. The summed E-state index contributed by atoms with van der Waals surface area (Å²) in [5, 5.41) is 14.5. The van der Waals surface area contributed by atoms with E-state index >= 15 is 0 Å². The van der Waals surface area contributed by atoms with Crippen molar-refractivity contribution in [1.29, 1.82) is 0 Å². The Bertz CT molecular complexity index is 1270. The van der Waals surface area contributed by atoms with Gasteiger partial charge in [-0.25, -0.2) is 8.42 Å². The van der Waals surface area contributed by atoms with Crippen LogP contribution in [0.3, 0.4) is 0 Å². The first-order valence-electron chi connectivity index (χ1n) is 12.0. The Balaban J connectivity index is 1.89. The van der Waals surface area contributed by atoms with E-state index in [1.54, 1.807) is 36.4 Å². The van der Waals surface area contributed by atoms with E-state index in [0.717, 1.165) is 5.56 Å². The molecular formula is C28H33ClN2O5S. The third-order valence-electron chi connectivity index (χ3n) is 5.85. The fourth-order valence-electron chi connectivity index (χ4n) is 3.95. The first-order valence-corrected chi connectivity index (χ1v) is 13.8. The average Bonchev–Trinajstić information content (AvgIpc) is 2.88. The van der Waals surface area contributed by atoms with Crippen LogP contribution < -0.4 is 10.1 Å². The maximum Gasteiger partial charge on any atom is 0.253 e. The molecule has 7 nitrogen and oxygen atoms in total. The number of halogens is 1. The number of aliphatic hydroxyl groups excluding tert-OH is 1. The molecule has 0 bridgehead atoms.